The molecule has 6 nitrogen and oxygen atoms in total. The van der Waals surface area contributed by atoms with Gasteiger partial charge in [-0.1, -0.05) is 0 Å². The maximum atomic E-state index is 10.7. The van der Waals surface area contributed by atoms with Crippen molar-refractivity contribution in [3.8, 4) is 0 Å². The molecular weight excluding hydrogens is 170 g/mol. The van der Waals surface area contributed by atoms with Crippen LogP contribution in [0.4, 0.5) is 0 Å². The first kappa shape index (κ1) is 8.46. The molecular formula is C7H13N5O. The number of aromatic amines is 2. The molecule has 1 aromatic rings. The summed E-state index contributed by atoms with van der Waals surface area (Å²) >= 11 is 0. The highest BCUT2D eigenvalue weighted by Crippen LogP contribution is 1.97. The van der Waals surface area contributed by atoms with Crippen LogP contribution in [0.5, 0.6) is 0 Å². The Balaban J connectivity index is 1.93. The lowest BCUT2D eigenvalue weighted by molar-refractivity contribution is 0.228. The fourth-order valence-corrected chi connectivity index (χ4v) is 1.46. The van der Waals surface area contributed by atoms with Crippen molar-refractivity contribution in [2.75, 3.05) is 26.2 Å². The SMILES string of the molecule is O=c1[nH]nc(CN2CCNCC2)[nH]1. The van der Waals surface area contributed by atoms with Crippen LogP contribution in [-0.4, -0.2) is 46.3 Å². The number of nitrogens with one attached hydrogen (secondary N) is 3. The number of H-pyrrole nitrogens is 2. The predicted octanol–water partition coefficient (Wildman–Crippen LogP) is -1.50. The molecule has 0 aromatic carbocycles. The van der Waals surface area contributed by atoms with Crippen LogP contribution in [-0.2, 0) is 6.54 Å². The molecule has 0 unspecified atom stereocenters. The highest BCUT2D eigenvalue weighted by Gasteiger charge is 2.11. The lowest BCUT2D eigenvalue weighted by atomic mass is 10.3. The molecule has 0 atom stereocenters. The fourth-order valence-electron chi connectivity index (χ4n) is 1.46. The standard InChI is InChI=1S/C7H13N5O/c13-7-9-6(10-11-7)5-12-3-1-8-2-4-12/h8H,1-5H2,(H2,9,10,11,13). The zero-order valence-electron chi connectivity index (χ0n) is 7.34. The average molecular weight is 183 g/mol. The molecule has 1 fully saturated rings. The lowest BCUT2D eigenvalue weighted by Gasteiger charge is -2.25. The monoisotopic (exact) mass is 183 g/mol. The molecule has 1 aliphatic heterocycles. The summed E-state index contributed by atoms with van der Waals surface area (Å²) < 4.78 is 0. The third-order valence-corrected chi connectivity index (χ3v) is 2.13. The van der Waals surface area contributed by atoms with E-state index in [0.717, 1.165) is 32.7 Å². The van der Waals surface area contributed by atoms with Crippen molar-refractivity contribution in [1.29, 1.82) is 0 Å². The number of piperazine rings is 1. The van der Waals surface area contributed by atoms with E-state index < -0.39 is 0 Å². The summed E-state index contributed by atoms with van der Waals surface area (Å²) in [6.45, 7) is 4.76. The van der Waals surface area contributed by atoms with Crippen molar-refractivity contribution in [2.24, 2.45) is 0 Å². The maximum Gasteiger partial charge on any atom is 0.340 e. The van der Waals surface area contributed by atoms with Crippen LogP contribution in [0.25, 0.3) is 0 Å². The third-order valence-electron chi connectivity index (χ3n) is 2.13. The molecule has 0 amide bonds. The summed E-state index contributed by atoms with van der Waals surface area (Å²) in [6, 6.07) is 0. The first-order valence-corrected chi connectivity index (χ1v) is 4.41. The Kier molecular flexibility index (Phi) is 2.42. The largest absolute Gasteiger partial charge is 0.340 e. The van der Waals surface area contributed by atoms with Gasteiger partial charge in [-0.15, -0.1) is 0 Å². The molecule has 2 rings (SSSR count). The number of hydrogen-bond acceptors (Lipinski definition) is 4. The van der Waals surface area contributed by atoms with Crippen LogP contribution in [0.3, 0.4) is 0 Å². The van der Waals surface area contributed by atoms with Crippen LogP contribution in [0.1, 0.15) is 5.82 Å². The second-order valence-electron chi connectivity index (χ2n) is 3.15. The van der Waals surface area contributed by atoms with E-state index in [1.165, 1.54) is 0 Å². The number of aromatic nitrogens is 3. The van der Waals surface area contributed by atoms with Gasteiger partial charge >= 0.3 is 5.69 Å². The van der Waals surface area contributed by atoms with Gasteiger partial charge in [0, 0.05) is 26.2 Å². The first-order chi connectivity index (χ1) is 6.34. The van der Waals surface area contributed by atoms with Gasteiger partial charge in [-0.25, -0.2) is 9.89 Å². The number of hydrogen-bond donors (Lipinski definition) is 3. The van der Waals surface area contributed by atoms with Gasteiger partial charge < -0.3 is 5.32 Å². The Hall–Kier alpha value is -1.14. The molecule has 3 N–H and O–H groups in total. The molecule has 1 saturated heterocycles. The van der Waals surface area contributed by atoms with Crippen LogP contribution in [0.2, 0.25) is 0 Å². The first-order valence-electron chi connectivity index (χ1n) is 4.41. The normalized spacial score (nSPS) is 19.1. The smallest absolute Gasteiger partial charge is 0.314 e. The van der Waals surface area contributed by atoms with Gasteiger partial charge in [-0.05, 0) is 0 Å². The fraction of sp³-hybridized carbons (Fsp3) is 0.714. The molecule has 0 saturated carbocycles. The summed E-state index contributed by atoms with van der Waals surface area (Å²) in [5, 5.41) is 9.47. The molecule has 13 heavy (non-hydrogen) atoms. The number of nitrogens with zero attached hydrogens (tertiary/aromatic N) is 2. The van der Waals surface area contributed by atoms with E-state index in [-0.39, 0.29) is 5.69 Å². The Morgan fingerprint density at radius 3 is 2.77 bits per heavy atom. The zero-order chi connectivity index (χ0) is 9.10. The van der Waals surface area contributed by atoms with Crippen LogP contribution in [0, 0.1) is 0 Å². The van der Waals surface area contributed by atoms with E-state index in [1.54, 1.807) is 0 Å². The van der Waals surface area contributed by atoms with Crippen LogP contribution < -0.4 is 11.0 Å². The average Bonchev–Trinajstić information content (AvgIpc) is 2.53. The Labute approximate surface area is 75.3 Å². The molecule has 6 heteroatoms. The van der Waals surface area contributed by atoms with Gasteiger partial charge in [0.25, 0.3) is 0 Å². The third kappa shape index (κ3) is 2.16. The van der Waals surface area contributed by atoms with Crippen molar-refractivity contribution in [3.63, 3.8) is 0 Å². The molecule has 2 heterocycles. The van der Waals surface area contributed by atoms with Crippen molar-refractivity contribution in [2.45, 2.75) is 6.54 Å². The molecule has 0 spiro atoms. The van der Waals surface area contributed by atoms with Crippen LogP contribution >= 0.6 is 0 Å². The zero-order valence-corrected chi connectivity index (χ0v) is 7.34. The van der Waals surface area contributed by atoms with E-state index in [0.29, 0.717) is 5.82 Å². The lowest BCUT2D eigenvalue weighted by Crippen LogP contribution is -2.43. The summed E-state index contributed by atoms with van der Waals surface area (Å²) in [5.41, 5.74) is -0.231. The molecule has 1 aliphatic rings. The van der Waals surface area contributed by atoms with Gasteiger partial charge in [0.2, 0.25) is 0 Å². The quantitative estimate of drug-likeness (QED) is 0.521. The van der Waals surface area contributed by atoms with Crippen molar-refractivity contribution in [1.82, 2.24) is 25.4 Å². The van der Waals surface area contributed by atoms with Crippen LogP contribution in [0.15, 0.2) is 4.79 Å². The van der Waals surface area contributed by atoms with Crippen molar-refractivity contribution >= 4 is 0 Å². The highest BCUT2D eigenvalue weighted by atomic mass is 16.1. The van der Waals surface area contributed by atoms with Gasteiger partial charge in [-0.3, -0.25) is 9.88 Å². The van der Waals surface area contributed by atoms with Crippen molar-refractivity contribution in [3.05, 3.63) is 16.3 Å². The minimum atomic E-state index is -0.231. The summed E-state index contributed by atoms with van der Waals surface area (Å²) in [4.78, 5) is 15.6. The molecule has 0 aliphatic carbocycles. The minimum Gasteiger partial charge on any atom is -0.314 e. The Morgan fingerprint density at radius 2 is 2.15 bits per heavy atom. The molecule has 72 valence electrons. The predicted molar refractivity (Wildman–Crippen MR) is 47.4 cm³/mol. The summed E-state index contributed by atoms with van der Waals surface area (Å²) in [7, 11) is 0. The summed E-state index contributed by atoms with van der Waals surface area (Å²) in [5.74, 6) is 0.715. The summed E-state index contributed by atoms with van der Waals surface area (Å²) in [6.07, 6.45) is 0. The van der Waals surface area contributed by atoms with E-state index in [1.807, 2.05) is 0 Å². The van der Waals surface area contributed by atoms with Crippen molar-refractivity contribution < 1.29 is 0 Å². The molecule has 1 aromatic heterocycles. The second kappa shape index (κ2) is 3.71. The van der Waals surface area contributed by atoms with Gasteiger partial charge in [0.1, 0.15) is 5.82 Å². The van der Waals surface area contributed by atoms with Gasteiger partial charge in [-0.2, -0.15) is 5.10 Å². The second-order valence-corrected chi connectivity index (χ2v) is 3.15. The molecule has 0 bridgehead atoms. The Morgan fingerprint density at radius 1 is 1.38 bits per heavy atom. The molecule has 0 radical (unpaired) electrons. The highest BCUT2D eigenvalue weighted by molar-refractivity contribution is 4.82. The number of rotatable bonds is 2. The van der Waals surface area contributed by atoms with E-state index in [9.17, 15) is 4.79 Å². The topological polar surface area (TPSA) is 76.8 Å². The Bertz CT molecular complexity index is 311. The van der Waals surface area contributed by atoms with E-state index >= 15 is 0 Å². The minimum absolute atomic E-state index is 0.231. The van der Waals surface area contributed by atoms with Gasteiger partial charge in [0.15, 0.2) is 0 Å². The van der Waals surface area contributed by atoms with E-state index in [4.69, 9.17) is 0 Å². The van der Waals surface area contributed by atoms with E-state index in [2.05, 4.69) is 25.4 Å². The maximum absolute atomic E-state index is 10.7. The van der Waals surface area contributed by atoms with Gasteiger partial charge in [0.05, 0.1) is 6.54 Å².